The summed E-state index contributed by atoms with van der Waals surface area (Å²) >= 11 is 20.3. The van der Waals surface area contributed by atoms with Crippen LogP contribution in [0.15, 0.2) is 35.5 Å². The Morgan fingerprint density at radius 3 is 2.59 bits per heavy atom. The first kappa shape index (κ1) is 26.8. The second-order valence-electron chi connectivity index (χ2n) is 6.47. The van der Waals surface area contributed by atoms with E-state index >= 15 is 0 Å². The van der Waals surface area contributed by atoms with E-state index in [9.17, 15) is 0 Å². The fourth-order valence-electron chi connectivity index (χ4n) is 2.71. The van der Waals surface area contributed by atoms with Crippen molar-refractivity contribution in [2.75, 3.05) is 18.9 Å². The first-order valence-electron chi connectivity index (χ1n) is 9.55. The molecule has 1 aromatic heterocycles. The van der Waals surface area contributed by atoms with Crippen molar-refractivity contribution in [2.45, 2.75) is 25.2 Å². The standard InChI is InChI=1S/C20H22Cl3N5O2S.ClH/c1-3-29-18-9-13(11-24-6-7-31-20-25-26-27-28(20)2)8-17(23)19(18)30-12-14-4-5-15(21)10-16(14)22;/h4-5,8-10,24H,3,6-7,11-12H2,1-2H3;1H. The first-order chi connectivity index (χ1) is 15.0. The van der Waals surface area contributed by atoms with Gasteiger partial charge in [0.15, 0.2) is 11.5 Å². The summed E-state index contributed by atoms with van der Waals surface area (Å²) in [6.07, 6.45) is 0. The molecule has 0 radical (unpaired) electrons. The van der Waals surface area contributed by atoms with E-state index < -0.39 is 0 Å². The Balaban J connectivity index is 0.00000363. The highest BCUT2D eigenvalue weighted by Gasteiger charge is 2.14. The van der Waals surface area contributed by atoms with Crippen LogP contribution in [0.2, 0.25) is 15.1 Å². The van der Waals surface area contributed by atoms with Crippen LogP contribution >= 0.6 is 59.0 Å². The summed E-state index contributed by atoms with van der Waals surface area (Å²) in [4.78, 5) is 0. The van der Waals surface area contributed by atoms with Crippen LogP contribution in [0, 0.1) is 0 Å². The predicted molar refractivity (Wildman–Crippen MR) is 132 cm³/mol. The lowest BCUT2D eigenvalue weighted by atomic mass is 10.2. The monoisotopic (exact) mass is 537 g/mol. The molecule has 0 amide bonds. The summed E-state index contributed by atoms with van der Waals surface area (Å²) in [7, 11) is 1.82. The summed E-state index contributed by atoms with van der Waals surface area (Å²) in [6.45, 7) is 4.08. The van der Waals surface area contributed by atoms with Gasteiger partial charge in [-0.05, 0) is 47.2 Å². The largest absolute Gasteiger partial charge is 0.490 e. The third-order valence-electron chi connectivity index (χ3n) is 4.18. The Labute approximate surface area is 212 Å². The molecule has 0 bridgehead atoms. The minimum atomic E-state index is 0. The summed E-state index contributed by atoms with van der Waals surface area (Å²) in [5, 5.41) is 17.1. The Hall–Kier alpha value is -1.42. The van der Waals surface area contributed by atoms with Gasteiger partial charge in [-0.3, -0.25) is 0 Å². The van der Waals surface area contributed by atoms with E-state index in [0.717, 1.165) is 28.6 Å². The molecule has 3 aromatic rings. The normalized spacial score (nSPS) is 10.7. The summed E-state index contributed by atoms with van der Waals surface area (Å²) in [5.41, 5.74) is 1.81. The van der Waals surface area contributed by atoms with Gasteiger partial charge in [0, 0.05) is 41.5 Å². The second-order valence-corrected chi connectivity index (χ2v) is 8.79. The third-order valence-corrected chi connectivity index (χ3v) is 6.06. The highest BCUT2D eigenvalue weighted by Crippen LogP contribution is 2.37. The number of nitrogens with one attached hydrogen (secondary N) is 1. The van der Waals surface area contributed by atoms with Crippen molar-refractivity contribution in [1.82, 2.24) is 25.5 Å². The molecular formula is C20H23Cl4N5O2S. The van der Waals surface area contributed by atoms with Gasteiger partial charge in [-0.1, -0.05) is 52.6 Å². The number of nitrogens with zero attached hydrogens (tertiary/aromatic N) is 4. The highest BCUT2D eigenvalue weighted by atomic mass is 35.5. The van der Waals surface area contributed by atoms with Crippen molar-refractivity contribution in [3.63, 3.8) is 0 Å². The Morgan fingerprint density at radius 2 is 1.91 bits per heavy atom. The number of halogens is 4. The van der Waals surface area contributed by atoms with Crippen LogP contribution < -0.4 is 14.8 Å². The highest BCUT2D eigenvalue weighted by molar-refractivity contribution is 7.99. The lowest BCUT2D eigenvalue weighted by molar-refractivity contribution is 0.269. The Morgan fingerprint density at radius 1 is 1.09 bits per heavy atom. The van der Waals surface area contributed by atoms with Crippen LogP contribution in [-0.2, 0) is 20.2 Å². The SMILES string of the molecule is CCOc1cc(CNCCSc2nnnn2C)cc(Cl)c1OCc1ccc(Cl)cc1Cl.Cl. The van der Waals surface area contributed by atoms with Crippen molar-refractivity contribution in [2.24, 2.45) is 7.05 Å². The average Bonchev–Trinajstić information content (AvgIpc) is 3.13. The van der Waals surface area contributed by atoms with Gasteiger partial charge in [0.05, 0.1) is 11.6 Å². The van der Waals surface area contributed by atoms with E-state index in [-0.39, 0.29) is 19.0 Å². The van der Waals surface area contributed by atoms with E-state index in [4.69, 9.17) is 44.3 Å². The average molecular weight is 539 g/mol. The molecule has 1 N–H and O–H groups in total. The minimum absolute atomic E-state index is 0. The van der Waals surface area contributed by atoms with Gasteiger partial charge in [0.1, 0.15) is 6.61 Å². The number of benzene rings is 2. The molecule has 0 aliphatic carbocycles. The maximum Gasteiger partial charge on any atom is 0.209 e. The smallest absolute Gasteiger partial charge is 0.209 e. The zero-order chi connectivity index (χ0) is 22.2. The Kier molecular flexibility index (Phi) is 11.2. The maximum absolute atomic E-state index is 6.51. The first-order valence-corrected chi connectivity index (χ1v) is 11.7. The molecule has 32 heavy (non-hydrogen) atoms. The van der Waals surface area contributed by atoms with Gasteiger partial charge in [0.25, 0.3) is 0 Å². The Bertz CT molecular complexity index is 1020. The van der Waals surface area contributed by atoms with E-state index in [1.165, 1.54) is 0 Å². The van der Waals surface area contributed by atoms with Gasteiger partial charge in [-0.25, -0.2) is 4.68 Å². The number of hydrogen-bond acceptors (Lipinski definition) is 7. The van der Waals surface area contributed by atoms with Crippen LogP contribution in [0.4, 0.5) is 0 Å². The number of ether oxygens (including phenoxy) is 2. The second kappa shape index (κ2) is 13.3. The zero-order valence-electron chi connectivity index (χ0n) is 17.5. The molecule has 3 rings (SSSR count). The molecule has 1 heterocycles. The topological polar surface area (TPSA) is 74.1 Å². The molecule has 2 aromatic carbocycles. The van der Waals surface area contributed by atoms with Gasteiger partial charge < -0.3 is 14.8 Å². The molecular weight excluding hydrogens is 516 g/mol. The van der Waals surface area contributed by atoms with Crippen LogP contribution in [-0.4, -0.2) is 39.1 Å². The summed E-state index contributed by atoms with van der Waals surface area (Å²) < 4.78 is 13.4. The van der Waals surface area contributed by atoms with E-state index in [1.54, 1.807) is 28.6 Å². The van der Waals surface area contributed by atoms with Gasteiger partial charge in [-0.15, -0.1) is 17.5 Å². The lowest BCUT2D eigenvalue weighted by Gasteiger charge is -2.16. The van der Waals surface area contributed by atoms with Crippen molar-refractivity contribution in [3.05, 3.63) is 56.5 Å². The van der Waals surface area contributed by atoms with Crippen molar-refractivity contribution in [1.29, 1.82) is 0 Å². The number of thioether (sulfide) groups is 1. The van der Waals surface area contributed by atoms with Crippen LogP contribution in [0.3, 0.4) is 0 Å². The predicted octanol–water partition coefficient (Wildman–Crippen LogP) is 5.45. The molecule has 7 nitrogen and oxygen atoms in total. The summed E-state index contributed by atoms with van der Waals surface area (Å²) in [6, 6.07) is 9.08. The van der Waals surface area contributed by atoms with Crippen LogP contribution in [0.5, 0.6) is 11.5 Å². The minimum Gasteiger partial charge on any atom is -0.490 e. The number of aryl methyl sites for hydroxylation is 1. The van der Waals surface area contributed by atoms with Gasteiger partial charge in [-0.2, -0.15) is 0 Å². The molecule has 0 saturated carbocycles. The van der Waals surface area contributed by atoms with E-state index in [1.807, 2.05) is 32.2 Å². The molecule has 0 saturated heterocycles. The van der Waals surface area contributed by atoms with Crippen molar-refractivity contribution in [3.8, 4) is 11.5 Å². The van der Waals surface area contributed by atoms with Crippen LogP contribution in [0.1, 0.15) is 18.1 Å². The summed E-state index contributed by atoms with van der Waals surface area (Å²) in [5.74, 6) is 1.92. The number of aromatic nitrogens is 4. The third kappa shape index (κ3) is 7.57. The number of tetrazole rings is 1. The number of rotatable bonds is 11. The van der Waals surface area contributed by atoms with E-state index in [2.05, 4.69) is 20.8 Å². The van der Waals surface area contributed by atoms with Gasteiger partial charge in [0.2, 0.25) is 5.16 Å². The fourth-order valence-corrected chi connectivity index (χ4v) is 4.20. The van der Waals surface area contributed by atoms with E-state index in [0.29, 0.717) is 39.7 Å². The molecule has 174 valence electrons. The molecule has 0 atom stereocenters. The van der Waals surface area contributed by atoms with Gasteiger partial charge >= 0.3 is 0 Å². The molecule has 0 spiro atoms. The molecule has 0 aliphatic rings. The number of hydrogen-bond donors (Lipinski definition) is 1. The lowest BCUT2D eigenvalue weighted by Crippen LogP contribution is -2.17. The van der Waals surface area contributed by atoms with Crippen molar-refractivity contribution >= 4 is 59.0 Å². The molecule has 12 heteroatoms. The zero-order valence-corrected chi connectivity index (χ0v) is 21.4. The molecule has 0 fully saturated rings. The fraction of sp³-hybridized carbons (Fsp3) is 0.350. The quantitative estimate of drug-likeness (QED) is 0.257. The maximum atomic E-state index is 6.51. The molecule has 0 unspecified atom stereocenters. The van der Waals surface area contributed by atoms with Crippen molar-refractivity contribution < 1.29 is 9.47 Å². The molecule has 0 aliphatic heterocycles. The van der Waals surface area contributed by atoms with Crippen LogP contribution in [0.25, 0.3) is 0 Å².